The van der Waals surface area contributed by atoms with E-state index in [1.165, 1.54) is 0 Å². The molecule has 1 amide bonds. The highest BCUT2D eigenvalue weighted by Gasteiger charge is 2.31. The maximum absolute atomic E-state index is 12.6. The number of carbonyl (C=O) groups excluding carboxylic acids is 1. The van der Waals surface area contributed by atoms with E-state index in [9.17, 15) is 4.79 Å². The number of piperidine rings is 1. The zero-order chi connectivity index (χ0) is 14.9. The summed E-state index contributed by atoms with van der Waals surface area (Å²) in [5.74, 6) is 0.778. The topological polar surface area (TPSA) is 46.3 Å². The second-order valence-corrected chi connectivity index (χ2v) is 7.02. The van der Waals surface area contributed by atoms with Crippen LogP contribution < -0.4 is 5.73 Å². The SMILES string of the molecule is Cc1ccc(N)c(C(=O)N2CCC(C(C)(C)C)CC2)c1. The van der Waals surface area contributed by atoms with Crippen LogP contribution in [0.2, 0.25) is 0 Å². The van der Waals surface area contributed by atoms with Gasteiger partial charge in [-0.3, -0.25) is 4.79 Å². The van der Waals surface area contributed by atoms with Crippen molar-refractivity contribution in [2.75, 3.05) is 18.8 Å². The van der Waals surface area contributed by atoms with Gasteiger partial charge >= 0.3 is 0 Å². The van der Waals surface area contributed by atoms with Crippen molar-refractivity contribution in [1.82, 2.24) is 4.90 Å². The quantitative estimate of drug-likeness (QED) is 0.797. The third-order valence-corrected chi connectivity index (χ3v) is 4.45. The van der Waals surface area contributed by atoms with Crippen LogP contribution in [0.3, 0.4) is 0 Å². The zero-order valence-electron chi connectivity index (χ0n) is 13.1. The van der Waals surface area contributed by atoms with Crippen LogP contribution in [0.4, 0.5) is 5.69 Å². The number of nitrogens with two attached hydrogens (primary N) is 1. The Morgan fingerprint density at radius 1 is 1.25 bits per heavy atom. The maximum atomic E-state index is 12.6. The van der Waals surface area contributed by atoms with Crippen LogP contribution in [0, 0.1) is 18.3 Å². The second-order valence-electron chi connectivity index (χ2n) is 7.02. The van der Waals surface area contributed by atoms with Gasteiger partial charge in [-0.05, 0) is 43.2 Å². The van der Waals surface area contributed by atoms with Crippen molar-refractivity contribution in [1.29, 1.82) is 0 Å². The van der Waals surface area contributed by atoms with Crippen molar-refractivity contribution in [2.24, 2.45) is 11.3 Å². The van der Waals surface area contributed by atoms with Crippen molar-refractivity contribution in [3.63, 3.8) is 0 Å². The molecule has 0 unspecified atom stereocenters. The van der Waals surface area contributed by atoms with E-state index in [4.69, 9.17) is 5.73 Å². The first-order valence-corrected chi connectivity index (χ1v) is 7.44. The van der Waals surface area contributed by atoms with Gasteiger partial charge in [-0.2, -0.15) is 0 Å². The van der Waals surface area contributed by atoms with Gasteiger partial charge in [-0.15, -0.1) is 0 Å². The molecule has 0 aromatic heterocycles. The van der Waals surface area contributed by atoms with Crippen molar-refractivity contribution in [3.8, 4) is 0 Å². The fraction of sp³-hybridized carbons (Fsp3) is 0.588. The third kappa shape index (κ3) is 3.14. The van der Waals surface area contributed by atoms with Gasteiger partial charge in [0.2, 0.25) is 0 Å². The maximum Gasteiger partial charge on any atom is 0.255 e. The normalized spacial score (nSPS) is 17.3. The molecule has 1 aromatic rings. The predicted octanol–water partition coefficient (Wildman–Crippen LogP) is 3.48. The summed E-state index contributed by atoms with van der Waals surface area (Å²) in [4.78, 5) is 14.5. The Morgan fingerprint density at radius 3 is 2.40 bits per heavy atom. The minimum absolute atomic E-state index is 0.0820. The lowest BCUT2D eigenvalue weighted by molar-refractivity contribution is 0.0609. The third-order valence-electron chi connectivity index (χ3n) is 4.45. The van der Waals surface area contributed by atoms with Gasteiger partial charge in [-0.25, -0.2) is 0 Å². The number of hydrogen-bond donors (Lipinski definition) is 1. The van der Waals surface area contributed by atoms with Gasteiger partial charge in [-0.1, -0.05) is 32.4 Å². The molecule has 1 fully saturated rings. The molecule has 1 saturated heterocycles. The van der Waals surface area contributed by atoms with E-state index >= 15 is 0 Å². The molecule has 2 rings (SSSR count). The Morgan fingerprint density at radius 2 is 1.85 bits per heavy atom. The Bertz CT molecular complexity index is 494. The summed E-state index contributed by atoms with van der Waals surface area (Å²) in [7, 11) is 0. The minimum Gasteiger partial charge on any atom is -0.398 e. The van der Waals surface area contributed by atoms with E-state index in [-0.39, 0.29) is 5.91 Å². The van der Waals surface area contributed by atoms with Crippen molar-refractivity contribution >= 4 is 11.6 Å². The molecule has 1 aliphatic heterocycles. The number of likely N-dealkylation sites (tertiary alicyclic amines) is 1. The molecule has 3 heteroatoms. The van der Waals surface area contributed by atoms with Gasteiger partial charge in [0.1, 0.15) is 0 Å². The number of anilines is 1. The fourth-order valence-corrected chi connectivity index (χ4v) is 2.97. The molecule has 0 saturated carbocycles. The van der Waals surface area contributed by atoms with Crippen LogP contribution in [-0.4, -0.2) is 23.9 Å². The largest absolute Gasteiger partial charge is 0.398 e. The summed E-state index contributed by atoms with van der Waals surface area (Å²) in [6.45, 7) is 10.5. The summed E-state index contributed by atoms with van der Waals surface area (Å²) in [6, 6.07) is 5.66. The van der Waals surface area contributed by atoms with Crippen LogP contribution >= 0.6 is 0 Å². The Labute approximate surface area is 122 Å². The molecule has 1 aromatic carbocycles. The number of nitrogens with zero attached hydrogens (tertiary/aromatic N) is 1. The van der Waals surface area contributed by atoms with E-state index in [1.54, 1.807) is 0 Å². The summed E-state index contributed by atoms with van der Waals surface area (Å²) < 4.78 is 0. The number of hydrogen-bond acceptors (Lipinski definition) is 2. The van der Waals surface area contributed by atoms with E-state index in [1.807, 2.05) is 30.0 Å². The van der Waals surface area contributed by atoms with E-state index < -0.39 is 0 Å². The molecule has 0 aliphatic carbocycles. The number of carbonyl (C=O) groups is 1. The summed E-state index contributed by atoms with van der Waals surface area (Å²) in [5, 5.41) is 0. The van der Waals surface area contributed by atoms with Gasteiger partial charge in [0, 0.05) is 18.8 Å². The van der Waals surface area contributed by atoms with Crippen molar-refractivity contribution < 1.29 is 4.79 Å². The first kappa shape index (κ1) is 14.9. The van der Waals surface area contributed by atoms with Crippen molar-refractivity contribution in [2.45, 2.75) is 40.5 Å². The molecule has 0 bridgehead atoms. The number of benzene rings is 1. The monoisotopic (exact) mass is 274 g/mol. The molecular formula is C17H26N2O. The van der Waals surface area contributed by atoms with Crippen molar-refractivity contribution in [3.05, 3.63) is 29.3 Å². The Kier molecular flexibility index (Phi) is 4.07. The van der Waals surface area contributed by atoms with Crippen LogP contribution in [0.15, 0.2) is 18.2 Å². The summed E-state index contributed by atoms with van der Waals surface area (Å²) in [5.41, 5.74) is 8.59. The lowest BCUT2D eigenvalue weighted by Gasteiger charge is -2.38. The summed E-state index contributed by atoms with van der Waals surface area (Å²) in [6.07, 6.45) is 2.17. The van der Waals surface area contributed by atoms with Gasteiger partial charge < -0.3 is 10.6 Å². The van der Waals surface area contributed by atoms with Gasteiger partial charge in [0.15, 0.2) is 0 Å². The molecule has 0 atom stereocenters. The number of aryl methyl sites for hydroxylation is 1. The predicted molar refractivity (Wildman–Crippen MR) is 83.7 cm³/mol. The van der Waals surface area contributed by atoms with E-state index in [2.05, 4.69) is 20.8 Å². The molecule has 1 heterocycles. The lowest BCUT2D eigenvalue weighted by Crippen LogP contribution is -2.41. The average Bonchev–Trinajstić information content (AvgIpc) is 2.40. The molecule has 0 radical (unpaired) electrons. The molecule has 20 heavy (non-hydrogen) atoms. The second kappa shape index (κ2) is 5.47. The number of rotatable bonds is 1. The fourth-order valence-electron chi connectivity index (χ4n) is 2.97. The van der Waals surface area contributed by atoms with E-state index in [0.717, 1.165) is 31.5 Å². The highest BCUT2D eigenvalue weighted by atomic mass is 16.2. The highest BCUT2D eigenvalue weighted by molar-refractivity contribution is 5.99. The zero-order valence-corrected chi connectivity index (χ0v) is 13.1. The summed E-state index contributed by atoms with van der Waals surface area (Å²) >= 11 is 0. The first-order chi connectivity index (χ1) is 9.29. The number of nitrogen functional groups attached to an aromatic ring is 1. The Balaban J connectivity index is 2.07. The Hall–Kier alpha value is -1.51. The highest BCUT2D eigenvalue weighted by Crippen LogP contribution is 2.34. The van der Waals surface area contributed by atoms with E-state index in [0.29, 0.717) is 22.6 Å². The molecule has 0 spiro atoms. The molecule has 1 aliphatic rings. The van der Waals surface area contributed by atoms with Crippen LogP contribution in [0.5, 0.6) is 0 Å². The van der Waals surface area contributed by atoms with Crippen LogP contribution in [0.1, 0.15) is 49.5 Å². The first-order valence-electron chi connectivity index (χ1n) is 7.44. The molecular weight excluding hydrogens is 248 g/mol. The van der Waals surface area contributed by atoms with Gasteiger partial charge in [0.25, 0.3) is 5.91 Å². The average molecular weight is 274 g/mol. The number of amides is 1. The molecule has 3 nitrogen and oxygen atoms in total. The minimum atomic E-state index is 0.0820. The standard InChI is InChI=1S/C17H26N2O/c1-12-5-6-15(18)14(11-12)16(20)19-9-7-13(8-10-19)17(2,3)4/h5-6,11,13H,7-10,18H2,1-4H3. The van der Waals surface area contributed by atoms with Crippen LogP contribution in [0.25, 0.3) is 0 Å². The van der Waals surface area contributed by atoms with Crippen LogP contribution in [-0.2, 0) is 0 Å². The van der Waals surface area contributed by atoms with Gasteiger partial charge in [0.05, 0.1) is 5.56 Å². The lowest BCUT2D eigenvalue weighted by atomic mass is 9.75. The molecule has 2 N–H and O–H groups in total. The smallest absolute Gasteiger partial charge is 0.255 e. The molecule has 110 valence electrons.